The molecule has 2 rings (SSSR count). The first-order valence-corrected chi connectivity index (χ1v) is 8.75. The van der Waals surface area contributed by atoms with Crippen LogP contribution < -0.4 is 0 Å². The molecular weight excluding hydrogens is 286 g/mol. The Labute approximate surface area is 126 Å². The van der Waals surface area contributed by atoms with Gasteiger partial charge in [-0.2, -0.15) is 4.31 Å². The molecule has 1 aromatic carbocycles. The van der Waals surface area contributed by atoms with Crippen molar-refractivity contribution < 1.29 is 13.5 Å². The predicted octanol–water partition coefficient (Wildman–Crippen LogP) is 1.98. The topological polar surface area (TPSA) is 57.6 Å². The van der Waals surface area contributed by atoms with Crippen molar-refractivity contribution in [3.8, 4) is 11.8 Å². The Morgan fingerprint density at radius 1 is 1.29 bits per heavy atom. The van der Waals surface area contributed by atoms with Crippen molar-refractivity contribution in [2.75, 3.05) is 13.2 Å². The third-order valence-electron chi connectivity index (χ3n) is 3.82. The number of hydrogen-bond donors (Lipinski definition) is 1. The van der Waals surface area contributed by atoms with E-state index in [9.17, 15) is 8.42 Å². The maximum atomic E-state index is 12.7. The summed E-state index contributed by atoms with van der Waals surface area (Å²) in [6, 6.07) is 6.66. The van der Waals surface area contributed by atoms with Crippen molar-refractivity contribution in [1.82, 2.24) is 4.31 Å². The molecule has 1 unspecified atom stereocenters. The van der Waals surface area contributed by atoms with Crippen molar-refractivity contribution in [1.29, 1.82) is 0 Å². The Morgan fingerprint density at radius 3 is 2.62 bits per heavy atom. The summed E-state index contributed by atoms with van der Waals surface area (Å²) < 4.78 is 27.1. The van der Waals surface area contributed by atoms with Crippen LogP contribution in [0.15, 0.2) is 29.2 Å². The monoisotopic (exact) mass is 307 g/mol. The number of hydrogen-bond acceptors (Lipinski definition) is 3. The summed E-state index contributed by atoms with van der Waals surface area (Å²) in [5.41, 5.74) is 0.702. The summed E-state index contributed by atoms with van der Waals surface area (Å²) in [6.45, 7) is 2.44. The van der Waals surface area contributed by atoms with Crippen molar-refractivity contribution in [3.63, 3.8) is 0 Å². The van der Waals surface area contributed by atoms with E-state index >= 15 is 0 Å². The van der Waals surface area contributed by atoms with Crippen LogP contribution in [0.3, 0.4) is 0 Å². The fourth-order valence-electron chi connectivity index (χ4n) is 2.69. The van der Waals surface area contributed by atoms with Gasteiger partial charge in [-0.3, -0.25) is 0 Å². The number of sulfonamides is 1. The van der Waals surface area contributed by atoms with Gasteiger partial charge in [0.05, 0.1) is 4.90 Å². The van der Waals surface area contributed by atoms with Crippen LogP contribution in [0.5, 0.6) is 0 Å². The smallest absolute Gasteiger partial charge is 0.243 e. The standard InChI is InChI=1S/C16H21NO3S/c1-2-15-7-3-4-12-17(15)21(19,20)16-10-8-14(9-11-16)6-5-13-18/h8-11,15,18H,2-4,7,12-13H2,1H3. The van der Waals surface area contributed by atoms with Gasteiger partial charge in [0.25, 0.3) is 0 Å². The van der Waals surface area contributed by atoms with Gasteiger partial charge in [0, 0.05) is 18.2 Å². The molecular formula is C16H21NO3S. The zero-order chi connectivity index (χ0) is 15.3. The normalized spacial score (nSPS) is 19.8. The first kappa shape index (κ1) is 16.0. The summed E-state index contributed by atoms with van der Waals surface area (Å²) >= 11 is 0. The molecule has 1 saturated heterocycles. The molecule has 0 amide bonds. The summed E-state index contributed by atoms with van der Waals surface area (Å²) in [4.78, 5) is 0.317. The molecule has 1 heterocycles. The molecule has 1 atom stereocenters. The second-order valence-corrected chi connectivity index (χ2v) is 7.05. The Balaban J connectivity index is 2.26. The van der Waals surface area contributed by atoms with Crippen molar-refractivity contribution >= 4 is 10.0 Å². The summed E-state index contributed by atoms with van der Waals surface area (Å²) in [5.74, 6) is 5.31. The van der Waals surface area contributed by atoms with Gasteiger partial charge in [-0.25, -0.2) is 8.42 Å². The van der Waals surface area contributed by atoms with Crippen LogP contribution in [0.2, 0.25) is 0 Å². The molecule has 1 N–H and O–H groups in total. The molecule has 0 aromatic heterocycles. The lowest BCUT2D eigenvalue weighted by Gasteiger charge is -2.34. The Bertz CT molecular complexity index is 626. The minimum Gasteiger partial charge on any atom is -0.384 e. The highest BCUT2D eigenvalue weighted by molar-refractivity contribution is 7.89. The van der Waals surface area contributed by atoms with Crippen LogP contribution in [-0.2, 0) is 10.0 Å². The van der Waals surface area contributed by atoms with E-state index in [2.05, 4.69) is 11.8 Å². The molecule has 1 fully saturated rings. The van der Waals surface area contributed by atoms with Crippen molar-refractivity contribution in [2.45, 2.75) is 43.5 Å². The maximum absolute atomic E-state index is 12.7. The van der Waals surface area contributed by atoms with Crippen LogP contribution >= 0.6 is 0 Å². The van der Waals surface area contributed by atoms with Crippen LogP contribution in [0, 0.1) is 11.8 Å². The summed E-state index contributed by atoms with van der Waals surface area (Å²) in [7, 11) is -3.42. The lowest BCUT2D eigenvalue weighted by atomic mass is 10.0. The Hall–Kier alpha value is -1.35. The van der Waals surface area contributed by atoms with E-state index in [1.807, 2.05) is 6.92 Å². The van der Waals surface area contributed by atoms with Crippen molar-refractivity contribution in [2.24, 2.45) is 0 Å². The predicted molar refractivity (Wildman–Crippen MR) is 82.2 cm³/mol. The molecule has 0 spiro atoms. The largest absolute Gasteiger partial charge is 0.384 e. The molecule has 1 aromatic rings. The van der Waals surface area contributed by atoms with Gasteiger partial charge in [-0.15, -0.1) is 0 Å². The lowest BCUT2D eigenvalue weighted by molar-refractivity contribution is 0.246. The zero-order valence-corrected chi connectivity index (χ0v) is 13.1. The van der Waals surface area contributed by atoms with Gasteiger partial charge in [-0.1, -0.05) is 25.2 Å². The minimum atomic E-state index is -3.42. The SMILES string of the molecule is CCC1CCCCN1S(=O)(=O)c1ccc(C#CCO)cc1. The lowest BCUT2D eigenvalue weighted by Crippen LogP contribution is -2.43. The molecule has 0 aliphatic carbocycles. The fraction of sp³-hybridized carbons (Fsp3) is 0.500. The molecule has 5 heteroatoms. The zero-order valence-electron chi connectivity index (χ0n) is 12.2. The first-order chi connectivity index (χ1) is 10.1. The molecule has 1 aliphatic heterocycles. The highest BCUT2D eigenvalue weighted by atomic mass is 32.2. The summed E-state index contributed by atoms with van der Waals surface area (Å²) in [6.07, 6.45) is 3.81. The van der Waals surface area contributed by atoms with Gasteiger partial charge in [0.2, 0.25) is 10.0 Å². The van der Waals surface area contributed by atoms with Crippen LogP contribution in [-0.4, -0.2) is 37.0 Å². The minimum absolute atomic E-state index is 0.109. The van der Waals surface area contributed by atoms with E-state index in [0.29, 0.717) is 17.0 Å². The van der Waals surface area contributed by atoms with Gasteiger partial charge in [-0.05, 0) is 43.5 Å². The summed E-state index contributed by atoms with van der Waals surface area (Å²) in [5, 5.41) is 8.66. The number of rotatable bonds is 3. The number of aliphatic hydroxyl groups excluding tert-OH is 1. The molecule has 1 aliphatic rings. The maximum Gasteiger partial charge on any atom is 0.243 e. The number of aliphatic hydroxyl groups is 1. The number of piperidine rings is 1. The quantitative estimate of drug-likeness (QED) is 0.869. The second kappa shape index (κ2) is 7.08. The van der Waals surface area contributed by atoms with E-state index < -0.39 is 10.0 Å². The van der Waals surface area contributed by atoms with Crippen LogP contribution in [0.1, 0.15) is 38.2 Å². The molecule has 114 valence electrons. The fourth-order valence-corrected chi connectivity index (χ4v) is 4.45. The van der Waals surface area contributed by atoms with Gasteiger partial charge in [0.15, 0.2) is 0 Å². The van der Waals surface area contributed by atoms with E-state index in [1.54, 1.807) is 28.6 Å². The highest BCUT2D eigenvalue weighted by Gasteiger charge is 2.32. The highest BCUT2D eigenvalue weighted by Crippen LogP contribution is 2.26. The number of nitrogens with zero attached hydrogens (tertiary/aromatic N) is 1. The molecule has 0 saturated carbocycles. The molecule has 0 bridgehead atoms. The van der Waals surface area contributed by atoms with Crippen LogP contribution in [0.25, 0.3) is 0 Å². The first-order valence-electron chi connectivity index (χ1n) is 7.31. The Morgan fingerprint density at radius 2 is 2.00 bits per heavy atom. The second-order valence-electron chi connectivity index (χ2n) is 5.16. The number of benzene rings is 1. The van der Waals surface area contributed by atoms with E-state index in [-0.39, 0.29) is 12.6 Å². The molecule has 21 heavy (non-hydrogen) atoms. The van der Waals surface area contributed by atoms with Gasteiger partial charge in [0.1, 0.15) is 6.61 Å². The van der Waals surface area contributed by atoms with E-state index in [4.69, 9.17) is 5.11 Å². The van der Waals surface area contributed by atoms with Gasteiger partial charge >= 0.3 is 0 Å². The van der Waals surface area contributed by atoms with Crippen molar-refractivity contribution in [3.05, 3.63) is 29.8 Å². The third-order valence-corrected chi connectivity index (χ3v) is 5.78. The average Bonchev–Trinajstić information content (AvgIpc) is 2.53. The third kappa shape index (κ3) is 3.65. The Kier molecular flexibility index (Phi) is 5.40. The average molecular weight is 307 g/mol. The van der Waals surface area contributed by atoms with Crippen LogP contribution in [0.4, 0.5) is 0 Å². The van der Waals surface area contributed by atoms with Gasteiger partial charge < -0.3 is 5.11 Å². The van der Waals surface area contributed by atoms with E-state index in [1.165, 1.54) is 0 Å². The van der Waals surface area contributed by atoms with E-state index in [0.717, 1.165) is 25.7 Å². The molecule has 0 radical (unpaired) electrons. The molecule has 4 nitrogen and oxygen atoms in total.